The second-order valence-corrected chi connectivity index (χ2v) is 7.86. The average Bonchev–Trinajstić information content (AvgIpc) is 2.84. The van der Waals surface area contributed by atoms with Crippen LogP contribution in [0.2, 0.25) is 0 Å². The van der Waals surface area contributed by atoms with Crippen molar-refractivity contribution in [1.29, 1.82) is 0 Å². The minimum absolute atomic E-state index is 0. The first-order valence-electron chi connectivity index (χ1n) is 10.8. The molecule has 34 heavy (non-hydrogen) atoms. The third-order valence-corrected chi connectivity index (χ3v) is 5.23. The molecule has 4 aromatic carbocycles. The summed E-state index contributed by atoms with van der Waals surface area (Å²) in [7, 11) is 0. The Morgan fingerprint density at radius 2 is 1.53 bits per heavy atom. The fraction of sp³-hybridized carbons (Fsp3) is 0.0667. The molecule has 0 aliphatic carbocycles. The number of aliphatic hydroxyl groups is 1. The third kappa shape index (κ3) is 6.05. The maximum atomic E-state index is 8.40. The first kappa shape index (κ1) is 25.0. The van der Waals surface area contributed by atoms with Crippen LogP contribution >= 0.6 is 0 Å². The second-order valence-electron chi connectivity index (χ2n) is 7.86. The van der Waals surface area contributed by atoms with Crippen molar-refractivity contribution in [3.8, 4) is 22.4 Å². The average molecular weight is 624 g/mol. The Labute approximate surface area is 213 Å². The van der Waals surface area contributed by atoms with Crippen LogP contribution in [-0.2, 0) is 20.1 Å². The number of allylic oxidation sites excluding steroid dienone is 2. The zero-order chi connectivity index (χ0) is 23.2. The number of benzene rings is 4. The molecule has 0 spiro atoms. The van der Waals surface area contributed by atoms with Gasteiger partial charge in [-0.05, 0) is 39.7 Å². The number of hydrogen-bond acceptors (Lipinski definition) is 2. The molecule has 0 amide bonds. The monoisotopic (exact) mass is 624 g/mol. The van der Waals surface area contributed by atoms with Gasteiger partial charge in [-0.1, -0.05) is 72.8 Å². The van der Waals surface area contributed by atoms with E-state index in [4.69, 9.17) is 9.90 Å². The first-order valence-corrected chi connectivity index (χ1v) is 10.8. The van der Waals surface area contributed by atoms with E-state index in [2.05, 4.69) is 89.9 Å². The first-order chi connectivity index (χ1) is 16.0. The molecule has 0 fully saturated rings. The summed E-state index contributed by atoms with van der Waals surface area (Å²) in [5, 5.41) is 13.3. The zero-order valence-corrected chi connectivity index (χ0v) is 21.4. The van der Waals surface area contributed by atoms with Crippen molar-refractivity contribution in [2.75, 3.05) is 0 Å². The van der Waals surface area contributed by atoms with Crippen LogP contribution in [0.15, 0.2) is 109 Å². The number of rotatable bonds is 3. The van der Waals surface area contributed by atoms with Gasteiger partial charge in [0.05, 0.1) is 18.8 Å². The normalized spacial score (nSPS) is 10.8. The molecule has 4 heteroatoms. The van der Waals surface area contributed by atoms with Gasteiger partial charge in [0.1, 0.15) is 0 Å². The number of carbonyl (C=O) groups excluding carboxylic acids is 1. The molecule has 0 aliphatic rings. The van der Waals surface area contributed by atoms with Crippen LogP contribution < -0.4 is 0 Å². The SMILES string of the molecule is CC(=[OH+])/C=C(/C)O.[Ir].[c-]1ccc(-c2ccccc2)cc1-c1cc2c(ccc3ccccc32)cn1. The second kappa shape index (κ2) is 11.5. The molecule has 5 rings (SSSR count). The van der Waals surface area contributed by atoms with E-state index in [1.807, 2.05) is 18.3 Å². The number of aliphatic hydroxyl groups excluding tert-OH is 1. The van der Waals surface area contributed by atoms with Gasteiger partial charge in [0.15, 0.2) is 0 Å². The molecular weight excluding hydrogens is 599 g/mol. The van der Waals surface area contributed by atoms with Crippen molar-refractivity contribution < 1.29 is 30.0 Å². The largest absolute Gasteiger partial charge is 0.512 e. The maximum Gasteiger partial charge on any atom is 0.316 e. The van der Waals surface area contributed by atoms with Gasteiger partial charge in [0, 0.05) is 26.3 Å². The Hall–Kier alpha value is -3.59. The number of pyridine rings is 1. The van der Waals surface area contributed by atoms with E-state index in [-0.39, 0.29) is 31.6 Å². The van der Waals surface area contributed by atoms with Crippen molar-refractivity contribution in [2.24, 2.45) is 0 Å². The van der Waals surface area contributed by atoms with Gasteiger partial charge < -0.3 is 10.1 Å². The summed E-state index contributed by atoms with van der Waals surface area (Å²) in [5.41, 5.74) is 4.35. The predicted octanol–water partition coefficient (Wildman–Crippen LogP) is 7.53. The van der Waals surface area contributed by atoms with Crippen molar-refractivity contribution in [3.05, 3.63) is 115 Å². The number of aromatic nitrogens is 1. The van der Waals surface area contributed by atoms with Gasteiger partial charge in [-0.2, -0.15) is 0 Å². The molecule has 3 nitrogen and oxygen atoms in total. The number of ketones is 1. The molecule has 0 aliphatic heterocycles. The summed E-state index contributed by atoms with van der Waals surface area (Å²) in [6.45, 7) is 3.00. The molecule has 5 aromatic rings. The molecule has 0 unspecified atom stereocenters. The maximum absolute atomic E-state index is 8.40. The van der Waals surface area contributed by atoms with E-state index in [0.717, 1.165) is 16.6 Å². The molecule has 1 aromatic heterocycles. The fourth-order valence-electron chi connectivity index (χ4n) is 3.77. The van der Waals surface area contributed by atoms with Gasteiger partial charge in [-0.3, -0.25) is 4.79 Å². The summed E-state index contributed by atoms with van der Waals surface area (Å²) >= 11 is 0. The van der Waals surface area contributed by atoms with Crippen molar-refractivity contribution in [3.63, 3.8) is 0 Å². The Bertz CT molecular complexity index is 1460. The van der Waals surface area contributed by atoms with E-state index in [1.165, 1.54) is 47.2 Å². The fourth-order valence-corrected chi connectivity index (χ4v) is 3.77. The zero-order valence-electron chi connectivity index (χ0n) is 19.0. The molecule has 0 saturated carbocycles. The number of fused-ring (bicyclic) bond motifs is 3. The summed E-state index contributed by atoms with van der Waals surface area (Å²) in [5.74, 6) is 0.250. The Morgan fingerprint density at radius 3 is 2.24 bits per heavy atom. The summed E-state index contributed by atoms with van der Waals surface area (Å²) in [6.07, 6.45) is 3.24. The van der Waals surface area contributed by atoms with E-state index < -0.39 is 0 Å². The van der Waals surface area contributed by atoms with E-state index in [9.17, 15) is 0 Å². The van der Waals surface area contributed by atoms with Crippen molar-refractivity contribution >= 4 is 27.3 Å². The Kier molecular flexibility index (Phi) is 8.48. The van der Waals surface area contributed by atoms with Gasteiger partial charge in [-0.25, -0.2) is 0 Å². The molecule has 1 radical (unpaired) electrons. The molecule has 0 bridgehead atoms. The van der Waals surface area contributed by atoms with Crippen LogP contribution in [0.4, 0.5) is 0 Å². The molecule has 0 saturated heterocycles. The van der Waals surface area contributed by atoms with E-state index in [1.54, 1.807) is 0 Å². The van der Waals surface area contributed by atoms with Crippen LogP contribution in [0.5, 0.6) is 0 Å². The minimum atomic E-state index is 0. The van der Waals surface area contributed by atoms with E-state index in [0.29, 0.717) is 0 Å². The minimum Gasteiger partial charge on any atom is -0.512 e. The third-order valence-electron chi connectivity index (χ3n) is 5.23. The van der Waals surface area contributed by atoms with Crippen LogP contribution in [-0.4, -0.2) is 20.7 Å². The molecule has 171 valence electrons. The Balaban J connectivity index is 0.000000357. The van der Waals surface area contributed by atoms with E-state index >= 15 is 0 Å². The van der Waals surface area contributed by atoms with Crippen LogP contribution in [0.1, 0.15) is 13.8 Å². The molecule has 2 N–H and O–H groups in total. The Morgan fingerprint density at radius 1 is 0.824 bits per heavy atom. The summed E-state index contributed by atoms with van der Waals surface area (Å²) in [6, 6.07) is 34.9. The van der Waals surface area contributed by atoms with Crippen LogP contribution in [0.3, 0.4) is 0 Å². The van der Waals surface area contributed by atoms with Gasteiger partial charge >= 0.3 is 5.78 Å². The van der Waals surface area contributed by atoms with Crippen molar-refractivity contribution in [1.82, 2.24) is 4.98 Å². The van der Waals surface area contributed by atoms with Gasteiger partial charge in [0.25, 0.3) is 0 Å². The summed E-state index contributed by atoms with van der Waals surface area (Å²) in [4.78, 5) is 13.1. The molecule has 1 heterocycles. The number of hydrogen-bond donors (Lipinski definition) is 1. The topological polar surface area (TPSA) is 54.5 Å². The van der Waals surface area contributed by atoms with Crippen LogP contribution in [0, 0.1) is 6.07 Å². The van der Waals surface area contributed by atoms with Crippen molar-refractivity contribution in [2.45, 2.75) is 13.8 Å². The molecule has 0 atom stereocenters. The van der Waals surface area contributed by atoms with Gasteiger partial charge in [0.2, 0.25) is 0 Å². The smallest absolute Gasteiger partial charge is 0.316 e. The standard InChI is InChI=1S/C25H16N.C5H8O2.Ir/c1-2-7-18(8-3-1)20-10-6-11-21(15-20)25-16-24-22(17-26-25)14-13-19-9-4-5-12-23(19)24;1-4(6)3-5(2)7;/h1-10,12-17H;3,6H,1-2H3;/q-1;;/p+1/b;4-3-;. The van der Waals surface area contributed by atoms with Crippen LogP contribution in [0.25, 0.3) is 43.9 Å². The molecular formula is C30H25IrNO2. The quantitative estimate of drug-likeness (QED) is 0.0743. The number of nitrogens with zero attached hydrogens (tertiary/aromatic N) is 1. The summed E-state index contributed by atoms with van der Waals surface area (Å²) < 4.78 is 0. The predicted molar refractivity (Wildman–Crippen MR) is 138 cm³/mol. The van der Waals surface area contributed by atoms with Gasteiger partial charge in [-0.15, -0.1) is 35.4 Å².